The van der Waals surface area contributed by atoms with Crippen molar-refractivity contribution in [3.63, 3.8) is 0 Å². The van der Waals surface area contributed by atoms with Crippen LogP contribution in [0.2, 0.25) is 0 Å². The maximum atomic E-state index is 10.4. The maximum absolute atomic E-state index is 10.4. The van der Waals surface area contributed by atoms with Gasteiger partial charge in [-0.2, -0.15) is 0 Å². The van der Waals surface area contributed by atoms with E-state index in [1.54, 1.807) is 0 Å². The first-order valence-corrected chi connectivity index (χ1v) is 10.6. The number of ether oxygens (including phenoxy) is 5. The van der Waals surface area contributed by atoms with Crippen LogP contribution >= 0.6 is 0 Å². The molecule has 0 spiro atoms. The van der Waals surface area contributed by atoms with Crippen molar-refractivity contribution in [2.45, 2.75) is 92.1 Å². The van der Waals surface area contributed by atoms with Crippen molar-refractivity contribution in [1.82, 2.24) is 0 Å². The first kappa shape index (κ1) is 27.9. The minimum atomic E-state index is -1.76. The van der Waals surface area contributed by atoms with Crippen molar-refractivity contribution in [3.8, 4) is 0 Å². The Morgan fingerprint density at radius 2 is 0.941 bits per heavy atom. The molecule has 3 aliphatic rings. The van der Waals surface area contributed by atoms with Gasteiger partial charge in [-0.1, -0.05) is 0 Å². The summed E-state index contributed by atoms with van der Waals surface area (Å²) in [5, 5.41) is 108. The molecule has 3 saturated heterocycles. The molecule has 0 aromatic rings. The Hall–Kier alpha value is -0.640. The van der Waals surface area contributed by atoms with Crippen LogP contribution in [0.1, 0.15) is 0 Å². The minimum Gasteiger partial charge on any atom is -0.394 e. The van der Waals surface area contributed by atoms with Crippen LogP contribution in [0.5, 0.6) is 0 Å². The molecule has 11 N–H and O–H groups in total. The predicted molar refractivity (Wildman–Crippen MR) is 101 cm³/mol. The topological polar surface area (TPSA) is 269 Å². The van der Waals surface area contributed by atoms with Crippen molar-refractivity contribution in [3.05, 3.63) is 0 Å². The molecule has 3 fully saturated rings. The van der Waals surface area contributed by atoms with Crippen molar-refractivity contribution < 1.29 is 79.9 Å². The highest BCUT2D eigenvalue weighted by molar-refractivity contribution is 4.96. The van der Waals surface area contributed by atoms with Gasteiger partial charge in [0.2, 0.25) is 0 Å². The quantitative estimate of drug-likeness (QED) is 0.132. The highest BCUT2D eigenvalue weighted by Gasteiger charge is 2.53. The molecule has 3 rings (SSSR count). The Labute approximate surface area is 192 Å². The molecule has 3 aliphatic heterocycles. The molecular weight excluding hydrogens is 472 g/mol. The Bertz CT molecular complexity index is 641. The van der Waals surface area contributed by atoms with Gasteiger partial charge in [-0.05, 0) is 0 Å². The smallest absolute Gasteiger partial charge is 0.187 e. The number of hydrogen-bond donors (Lipinski definition) is 11. The maximum Gasteiger partial charge on any atom is 0.187 e. The van der Waals surface area contributed by atoms with E-state index in [-0.39, 0.29) is 0 Å². The third-order valence-electron chi connectivity index (χ3n) is 6.07. The van der Waals surface area contributed by atoms with Gasteiger partial charge in [0.15, 0.2) is 18.9 Å². The van der Waals surface area contributed by atoms with Crippen molar-refractivity contribution >= 4 is 0 Å². The van der Waals surface area contributed by atoms with Crippen LogP contribution in [0.25, 0.3) is 0 Å². The van der Waals surface area contributed by atoms with Crippen molar-refractivity contribution in [2.75, 3.05) is 19.8 Å². The van der Waals surface area contributed by atoms with Crippen molar-refractivity contribution in [2.24, 2.45) is 0 Å². The van der Waals surface area contributed by atoms with Crippen LogP contribution in [-0.2, 0) is 23.7 Å². The lowest BCUT2D eigenvalue weighted by molar-refractivity contribution is -0.259. The fraction of sp³-hybridized carbons (Fsp3) is 1.00. The number of hydrogen-bond acceptors (Lipinski definition) is 16. The summed E-state index contributed by atoms with van der Waals surface area (Å²) in [6, 6.07) is 0. The van der Waals surface area contributed by atoms with Gasteiger partial charge < -0.3 is 79.9 Å². The van der Waals surface area contributed by atoms with E-state index in [0.717, 1.165) is 0 Å². The van der Waals surface area contributed by atoms with E-state index in [4.69, 9.17) is 28.8 Å². The van der Waals surface area contributed by atoms with Crippen LogP contribution in [0.3, 0.4) is 0 Å². The zero-order valence-corrected chi connectivity index (χ0v) is 17.7. The molecule has 16 nitrogen and oxygen atoms in total. The van der Waals surface area contributed by atoms with Crippen LogP contribution in [0.15, 0.2) is 0 Å². The Balaban J connectivity index is 1.64. The highest BCUT2D eigenvalue weighted by atomic mass is 16.8. The van der Waals surface area contributed by atoms with Crippen LogP contribution in [-0.4, -0.2) is 168 Å². The third kappa shape index (κ3) is 5.37. The zero-order valence-electron chi connectivity index (χ0n) is 17.7. The molecule has 16 heteroatoms. The van der Waals surface area contributed by atoms with E-state index in [1.165, 1.54) is 0 Å². The van der Waals surface area contributed by atoms with Gasteiger partial charge in [0.1, 0.15) is 73.2 Å². The largest absolute Gasteiger partial charge is 0.394 e. The predicted octanol–water partition coefficient (Wildman–Crippen LogP) is -7.57. The van der Waals surface area contributed by atoms with Gasteiger partial charge in [-0.3, -0.25) is 0 Å². The Morgan fingerprint density at radius 1 is 0.529 bits per heavy atom. The second kappa shape index (κ2) is 11.6. The van der Waals surface area contributed by atoms with E-state index >= 15 is 0 Å². The molecule has 200 valence electrons. The number of aliphatic hydroxyl groups is 11. The SMILES string of the molecule is OC[C@@H](O)[C@@H]1O[C@@H](O[C@H](CO)[C@@H]2O[C@@H](O[C@H](CO)[C@@H]3OC(O)[C@H](O)[C@H]3O)[C@H](O)[C@H]2O)[C@H](O)[C@H]1O. The summed E-state index contributed by atoms with van der Waals surface area (Å²) in [6.07, 6.45) is -23.9. The summed E-state index contributed by atoms with van der Waals surface area (Å²) < 4.78 is 26.3. The molecule has 3 heterocycles. The molecule has 0 amide bonds. The molecule has 15 atom stereocenters. The van der Waals surface area contributed by atoms with Gasteiger partial charge in [0, 0.05) is 0 Å². The van der Waals surface area contributed by atoms with Crippen LogP contribution in [0.4, 0.5) is 0 Å². The van der Waals surface area contributed by atoms with Gasteiger partial charge in [0.05, 0.1) is 19.8 Å². The molecular formula is C18H32O16. The van der Waals surface area contributed by atoms with E-state index in [0.29, 0.717) is 0 Å². The third-order valence-corrected chi connectivity index (χ3v) is 6.07. The molecule has 0 aliphatic carbocycles. The van der Waals surface area contributed by atoms with Gasteiger partial charge in [-0.25, -0.2) is 0 Å². The first-order chi connectivity index (χ1) is 16.0. The van der Waals surface area contributed by atoms with Crippen LogP contribution in [0, 0.1) is 0 Å². The monoisotopic (exact) mass is 504 g/mol. The molecule has 1 unspecified atom stereocenters. The van der Waals surface area contributed by atoms with E-state index in [9.17, 15) is 51.1 Å². The Morgan fingerprint density at radius 3 is 1.35 bits per heavy atom. The van der Waals surface area contributed by atoms with E-state index in [1.807, 2.05) is 0 Å². The number of aliphatic hydroxyl groups excluding tert-OH is 11. The molecule has 0 bridgehead atoms. The molecule has 0 saturated carbocycles. The Kier molecular flexibility index (Phi) is 9.54. The summed E-state index contributed by atoms with van der Waals surface area (Å²) in [5.74, 6) is 0. The van der Waals surface area contributed by atoms with Gasteiger partial charge in [0.25, 0.3) is 0 Å². The summed E-state index contributed by atoms with van der Waals surface area (Å²) in [6.45, 7) is -2.41. The lowest BCUT2D eigenvalue weighted by Crippen LogP contribution is -2.46. The minimum absolute atomic E-state index is 0.778. The van der Waals surface area contributed by atoms with Crippen molar-refractivity contribution in [1.29, 1.82) is 0 Å². The number of rotatable bonds is 10. The summed E-state index contributed by atoms with van der Waals surface area (Å²) in [7, 11) is 0. The second-order valence-corrected chi connectivity index (χ2v) is 8.34. The summed E-state index contributed by atoms with van der Waals surface area (Å²) >= 11 is 0. The van der Waals surface area contributed by atoms with E-state index < -0.39 is 112 Å². The molecule has 0 aromatic carbocycles. The molecule has 0 radical (unpaired) electrons. The molecule has 34 heavy (non-hydrogen) atoms. The summed E-state index contributed by atoms with van der Waals surface area (Å²) in [4.78, 5) is 0. The fourth-order valence-electron chi connectivity index (χ4n) is 4.08. The lowest BCUT2D eigenvalue weighted by Gasteiger charge is -2.29. The summed E-state index contributed by atoms with van der Waals surface area (Å²) in [5.41, 5.74) is 0. The van der Waals surface area contributed by atoms with Gasteiger partial charge >= 0.3 is 0 Å². The van der Waals surface area contributed by atoms with E-state index in [2.05, 4.69) is 0 Å². The molecule has 0 aromatic heterocycles. The standard InChI is InChI=1S/C18H32O16/c19-1-4(22)13-8(24)11(27)17(33-13)31-6(3-21)15-9(25)12(28)18(34-15)30-5(2-20)14-7(23)10(26)16(29)32-14/h4-29H,1-3H2/t4-,5-,6-,7-,8-,9-,10-,11-,12-,13+,14+,15+,16?,17-,18-/m1/s1. The average molecular weight is 504 g/mol. The zero-order chi connectivity index (χ0) is 25.3. The van der Waals surface area contributed by atoms with Gasteiger partial charge in [-0.15, -0.1) is 0 Å². The van der Waals surface area contributed by atoms with Crippen LogP contribution < -0.4 is 0 Å². The normalized spacial score (nSPS) is 47.7. The highest BCUT2D eigenvalue weighted by Crippen LogP contribution is 2.32. The fourth-order valence-corrected chi connectivity index (χ4v) is 4.08. The first-order valence-electron chi connectivity index (χ1n) is 10.6. The second-order valence-electron chi connectivity index (χ2n) is 8.34. The average Bonchev–Trinajstić information content (AvgIpc) is 3.37. The lowest BCUT2D eigenvalue weighted by atomic mass is 10.0.